The van der Waals surface area contributed by atoms with Crippen molar-refractivity contribution in [2.45, 2.75) is 20.1 Å². The molecule has 0 saturated carbocycles. The van der Waals surface area contributed by atoms with Gasteiger partial charge in [0.25, 0.3) is 0 Å². The van der Waals surface area contributed by atoms with Crippen LogP contribution in [-0.2, 0) is 13.2 Å². The molecule has 0 radical (unpaired) electrons. The Kier molecular flexibility index (Phi) is 5.02. The van der Waals surface area contributed by atoms with E-state index in [2.05, 4.69) is 50.9 Å². The average molecular weight is 386 g/mol. The first-order chi connectivity index (χ1) is 9.10. The molecule has 2 aromatic carbocycles. The highest BCUT2D eigenvalue weighted by atomic mass is 79.9. The van der Waals surface area contributed by atoms with Crippen molar-refractivity contribution in [1.82, 2.24) is 0 Å². The van der Waals surface area contributed by atoms with E-state index in [1.54, 1.807) is 0 Å². The van der Waals surface area contributed by atoms with Crippen LogP contribution < -0.4 is 4.74 Å². The molecule has 4 heteroatoms. The molecule has 19 heavy (non-hydrogen) atoms. The standard InChI is InChI=1S/C15H14Br2O2/c1-10-2-4-11(5-3-10)9-19-15-12(8-18)6-13(16)7-14(15)17/h2-7,18H,8-9H2,1H3. The third-order valence-corrected chi connectivity index (χ3v) is 3.81. The highest BCUT2D eigenvalue weighted by Crippen LogP contribution is 2.33. The number of aliphatic hydroxyl groups is 1. The Balaban J connectivity index is 2.17. The van der Waals surface area contributed by atoms with Crippen molar-refractivity contribution in [1.29, 1.82) is 0 Å². The van der Waals surface area contributed by atoms with Gasteiger partial charge in [0.15, 0.2) is 0 Å². The summed E-state index contributed by atoms with van der Waals surface area (Å²) in [4.78, 5) is 0. The zero-order chi connectivity index (χ0) is 13.8. The minimum Gasteiger partial charge on any atom is -0.487 e. The number of benzene rings is 2. The lowest BCUT2D eigenvalue weighted by atomic mass is 10.1. The molecule has 0 aliphatic carbocycles. The maximum Gasteiger partial charge on any atom is 0.139 e. The van der Waals surface area contributed by atoms with Gasteiger partial charge in [-0.2, -0.15) is 0 Å². The Bertz CT molecular complexity index is 565. The summed E-state index contributed by atoms with van der Waals surface area (Å²) in [5.41, 5.74) is 3.09. The van der Waals surface area contributed by atoms with Crippen molar-refractivity contribution in [3.05, 3.63) is 62.0 Å². The van der Waals surface area contributed by atoms with E-state index >= 15 is 0 Å². The second-order valence-corrected chi connectivity index (χ2v) is 6.08. The van der Waals surface area contributed by atoms with E-state index in [1.165, 1.54) is 5.56 Å². The molecule has 0 atom stereocenters. The molecule has 0 aliphatic rings. The topological polar surface area (TPSA) is 29.5 Å². The van der Waals surface area contributed by atoms with E-state index in [9.17, 15) is 5.11 Å². The zero-order valence-electron chi connectivity index (χ0n) is 10.5. The SMILES string of the molecule is Cc1ccc(COc2c(Br)cc(Br)cc2CO)cc1. The first-order valence-electron chi connectivity index (χ1n) is 5.87. The van der Waals surface area contributed by atoms with E-state index in [-0.39, 0.29) is 6.61 Å². The fourth-order valence-corrected chi connectivity index (χ4v) is 3.16. The van der Waals surface area contributed by atoms with E-state index in [4.69, 9.17) is 4.74 Å². The highest BCUT2D eigenvalue weighted by Gasteiger charge is 2.09. The van der Waals surface area contributed by atoms with Crippen molar-refractivity contribution < 1.29 is 9.84 Å². The molecule has 0 aliphatic heterocycles. The summed E-state index contributed by atoms with van der Waals surface area (Å²) in [7, 11) is 0. The monoisotopic (exact) mass is 384 g/mol. The van der Waals surface area contributed by atoms with Crippen LogP contribution in [0.3, 0.4) is 0 Å². The number of hydrogen-bond acceptors (Lipinski definition) is 2. The molecule has 0 saturated heterocycles. The van der Waals surface area contributed by atoms with E-state index in [0.717, 1.165) is 20.1 Å². The molecule has 0 aromatic heterocycles. The summed E-state index contributed by atoms with van der Waals surface area (Å²) in [5, 5.41) is 9.38. The van der Waals surface area contributed by atoms with Crippen molar-refractivity contribution in [3.8, 4) is 5.75 Å². The van der Waals surface area contributed by atoms with Gasteiger partial charge < -0.3 is 9.84 Å². The molecule has 0 amide bonds. The van der Waals surface area contributed by atoms with Crippen LogP contribution in [0.25, 0.3) is 0 Å². The zero-order valence-corrected chi connectivity index (χ0v) is 13.7. The molecule has 0 bridgehead atoms. The Labute approximate surface area is 129 Å². The minimum atomic E-state index is -0.0543. The van der Waals surface area contributed by atoms with Crippen LogP contribution in [0.5, 0.6) is 5.75 Å². The molecular weight excluding hydrogens is 372 g/mol. The third-order valence-electron chi connectivity index (χ3n) is 2.76. The molecule has 2 rings (SSSR count). The average Bonchev–Trinajstić information content (AvgIpc) is 2.39. The van der Waals surface area contributed by atoms with Gasteiger partial charge in [-0.05, 0) is 40.5 Å². The van der Waals surface area contributed by atoms with Crippen LogP contribution in [-0.4, -0.2) is 5.11 Å². The molecule has 0 heterocycles. The normalized spacial score (nSPS) is 10.5. The largest absolute Gasteiger partial charge is 0.487 e. The number of aliphatic hydroxyl groups excluding tert-OH is 1. The second-order valence-electron chi connectivity index (χ2n) is 4.31. The summed E-state index contributed by atoms with van der Waals surface area (Å²) in [6.07, 6.45) is 0. The van der Waals surface area contributed by atoms with Crippen LogP contribution in [0.4, 0.5) is 0 Å². The summed E-state index contributed by atoms with van der Waals surface area (Å²) in [6.45, 7) is 2.48. The van der Waals surface area contributed by atoms with Gasteiger partial charge in [-0.3, -0.25) is 0 Å². The Hall–Kier alpha value is -0.840. The summed E-state index contributed by atoms with van der Waals surface area (Å²) < 4.78 is 7.55. The van der Waals surface area contributed by atoms with Gasteiger partial charge in [-0.1, -0.05) is 45.8 Å². The van der Waals surface area contributed by atoms with Crippen LogP contribution in [0, 0.1) is 6.92 Å². The lowest BCUT2D eigenvalue weighted by molar-refractivity contribution is 0.258. The molecule has 0 fully saturated rings. The van der Waals surface area contributed by atoms with Gasteiger partial charge in [0.2, 0.25) is 0 Å². The Morgan fingerprint density at radius 2 is 1.79 bits per heavy atom. The van der Waals surface area contributed by atoms with E-state index in [0.29, 0.717) is 12.4 Å². The third kappa shape index (κ3) is 3.81. The number of aryl methyl sites for hydroxylation is 1. The molecule has 2 nitrogen and oxygen atoms in total. The van der Waals surface area contributed by atoms with Gasteiger partial charge in [-0.25, -0.2) is 0 Å². The summed E-state index contributed by atoms with van der Waals surface area (Å²) in [5.74, 6) is 0.686. The molecule has 100 valence electrons. The molecular formula is C15H14Br2O2. The highest BCUT2D eigenvalue weighted by molar-refractivity contribution is 9.11. The van der Waals surface area contributed by atoms with Crippen LogP contribution >= 0.6 is 31.9 Å². The maximum absolute atomic E-state index is 9.38. The van der Waals surface area contributed by atoms with Crippen molar-refractivity contribution in [3.63, 3.8) is 0 Å². The predicted octanol–water partition coefficient (Wildman–Crippen LogP) is 4.59. The van der Waals surface area contributed by atoms with Crippen molar-refractivity contribution in [2.75, 3.05) is 0 Å². The fraction of sp³-hybridized carbons (Fsp3) is 0.200. The fourth-order valence-electron chi connectivity index (χ4n) is 1.73. The smallest absolute Gasteiger partial charge is 0.139 e. The summed E-state index contributed by atoms with van der Waals surface area (Å²) >= 11 is 6.85. The van der Waals surface area contributed by atoms with Crippen molar-refractivity contribution >= 4 is 31.9 Å². The Morgan fingerprint density at radius 3 is 2.42 bits per heavy atom. The maximum atomic E-state index is 9.38. The van der Waals surface area contributed by atoms with Crippen LogP contribution in [0.2, 0.25) is 0 Å². The molecule has 0 unspecified atom stereocenters. The van der Waals surface area contributed by atoms with E-state index in [1.807, 2.05) is 24.3 Å². The lowest BCUT2D eigenvalue weighted by Crippen LogP contribution is -2.00. The van der Waals surface area contributed by atoms with E-state index < -0.39 is 0 Å². The summed E-state index contributed by atoms with van der Waals surface area (Å²) in [6, 6.07) is 12.0. The van der Waals surface area contributed by atoms with Gasteiger partial charge >= 0.3 is 0 Å². The number of ether oxygens (including phenoxy) is 1. The number of rotatable bonds is 4. The number of hydrogen-bond donors (Lipinski definition) is 1. The van der Waals surface area contributed by atoms with Gasteiger partial charge in [-0.15, -0.1) is 0 Å². The lowest BCUT2D eigenvalue weighted by Gasteiger charge is -2.13. The molecule has 2 aromatic rings. The Morgan fingerprint density at radius 1 is 1.11 bits per heavy atom. The molecule has 0 spiro atoms. The van der Waals surface area contributed by atoms with Crippen molar-refractivity contribution in [2.24, 2.45) is 0 Å². The number of halogens is 2. The van der Waals surface area contributed by atoms with Crippen LogP contribution in [0.15, 0.2) is 45.3 Å². The first kappa shape index (κ1) is 14.6. The first-order valence-corrected chi connectivity index (χ1v) is 7.46. The van der Waals surface area contributed by atoms with Gasteiger partial charge in [0.1, 0.15) is 12.4 Å². The van der Waals surface area contributed by atoms with Gasteiger partial charge in [0, 0.05) is 10.0 Å². The minimum absolute atomic E-state index is 0.0543. The van der Waals surface area contributed by atoms with Gasteiger partial charge in [0.05, 0.1) is 11.1 Å². The van der Waals surface area contributed by atoms with Crippen LogP contribution in [0.1, 0.15) is 16.7 Å². The predicted molar refractivity (Wildman–Crippen MR) is 83.3 cm³/mol. The second kappa shape index (κ2) is 6.55. The molecule has 1 N–H and O–H groups in total. The quantitative estimate of drug-likeness (QED) is 0.833.